The molecule has 1 aromatic carbocycles. The number of carbonyl (C=O) groups is 1. The second kappa shape index (κ2) is 6.91. The van der Waals surface area contributed by atoms with Crippen LogP contribution in [0, 0.1) is 0 Å². The molecule has 1 aliphatic heterocycles. The number of hydrogen-bond acceptors (Lipinski definition) is 3. The van der Waals surface area contributed by atoms with Crippen LogP contribution in [0.4, 0.5) is 0 Å². The summed E-state index contributed by atoms with van der Waals surface area (Å²) in [6.45, 7) is 2.05. The summed E-state index contributed by atoms with van der Waals surface area (Å²) in [5.41, 5.74) is 2.29. The minimum atomic E-state index is -0.360. The van der Waals surface area contributed by atoms with Gasteiger partial charge in [0.2, 0.25) is 0 Å². The molecule has 2 N–H and O–H groups in total. The van der Waals surface area contributed by atoms with Gasteiger partial charge in [0, 0.05) is 10.7 Å². The lowest BCUT2D eigenvalue weighted by molar-refractivity contribution is -0.136. The normalized spacial score (nSPS) is 18.0. The Labute approximate surface area is 134 Å². The van der Waals surface area contributed by atoms with Crippen molar-refractivity contribution >= 4 is 34.9 Å². The lowest BCUT2D eigenvalue weighted by atomic mass is 9.94. The van der Waals surface area contributed by atoms with Crippen molar-refractivity contribution in [3.05, 3.63) is 46.1 Å². The molecule has 0 radical (unpaired) electrons. The summed E-state index contributed by atoms with van der Waals surface area (Å²) >= 11 is 11.2. The molecule has 0 fully saturated rings. The average Bonchev–Trinajstić information content (AvgIpc) is 2.47. The van der Waals surface area contributed by atoms with Gasteiger partial charge in [0.1, 0.15) is 0 Å². The maximum atomic E-state index is 12.2. The molecule has 0 bridgehead atoms. The molecule has 1 aliphatic rings. The molecule has 0 aromatic heterocycles. The second-order valence-corrected chi connectivity index (χ2v) is 5.56. The SMILES string of the molecule is CCCC1=C(C(=O)OC)[C@H](c2ccc(Cl)cc2)NC(=S)N1. The molecule has 0 saturated heterocycles. The Morgan fingerprint density at radius 2 is 2.05 bits per heavy atom. The van der Waals surface area contributed by atoms with Gasteiger partial charge in [0.15, 0.2) is 5.11 Å². The highest BCUT2D eigenvalue weighted by molar-refractivity contribution is 7.80. The number of halogens is 1. The number of benzene rings is 1. The van der Waals surface area contributed by atoms with Crippen molar-refractivity contribution in [2.24, 2.45) is 0 Å². The van der Waals surface area contributed by atoms with Crippen LogP contribution in [0.2, 0.25) is 5.02 Å². The maximum Gasteiger partial charge on any atom is 0.337 e. The summed E-state index contributed by atoms with van der Waals surface area (Å²) in [5, 5.41) is 7.34. The fraction of sp³-hybridized carbons (Fsp3) is 0.333. The summed E-state index contributed by atoms with van der Waals surface area (Å²) in [6, 6.07) is 7.00. The lowest BCUT2D eigenvalue weighted by Gasteiger charge is -2.30. The molecule has 2 rings (SSSR count). The Kier molecular flexibility index (Phi) is 5.20. The van der Waals surface area contributed by atoms with E-state index in [1.807, 2.05) is 19.1 Å². The number of carbonyl (C=O) groups excluding carboxylic acids is 1. The molecule has 1 aromatic rings. The Bertz CT molecular complexity index is 584. The fourth-order valence-corrected chi connectivity index (χ4v) is 2.69. The predicted octanol–water partition coefficient (Wildman–Crippen LogP) is 3.09. The third-order valence-corrected chi connectivity index (χ3v) is 3.73. The zero-order chi connectivity index (χ0) is 15.4. The highest BCUT2D eigenvalue weighted by Crippen LogP contribution is 2.29. The van der Waals surface area contributed by atoms with Gasteiger partial charge in [-0.2, -0.15) is 0 Å². The van der Waals surface area contributed by atoms with Gasteiger partial charge in [0.25, 0.3) is 0 Å². The number of nitrogens with one attached hydrogen (secondary N) is 2. The van der Waals surface area contributed by atoms with Crippen LogP contribution in [0.15, 0.2) is 35.5 Å². The Morgan fingerprint density at radius 1 is 1.38 bits per heavy atom. The standard InChI is InChI=1S/C15H17ClN2O2S/c1-3-4-11-12(14(19)20-2)13(18-15(21)17-11)9-5-7-10(16)8-6-9/h5-8,13H,3-4H2,1-2H3,(H2,17,18,21)/t13-/m0/s1. The summed E-state index contributed by atoms with van der Waals surface area (Å²) in [7, 11) is 1.38. The second-order valence-electron chi connectivity index (χ2n) is 4.72. The van der Waals surface area contributed by atoms with Crippen LogP contribution in [-0.2, 0) is 9.53 Å². The van der Waals surface area contributed by atoms with Crippen molar-refractivity contribution in [2.45, 2.75) is 25.8 Å². The van der Waals surface area contributed by atoms with Gasteiger partial charge in [0.05, 0.1) is 18.7 Å². The van der Waals surface area contributed by atoms with E-state index in [9.17, 15) is 4.79 Å². The molecule has 1 heterocycles. The molecule has 4 nitrogen and oxygen atoms in total. The van der Waals surface area contributed by atoms with E-state index in [0.717, 1.165) is 24.1 Å². The smallest absolute Gasteiger partial charge is 0.337 e. The zero-order valence-corrected chi connectivity index (χ0v) is 13.5. The first kappa shape index (κ1) is 15.8. The van der Waals surface area contributed by atoms with E-state index in [1.54, 1.807) is 12.1 Å². The average molecular weight is 325 g/mol. The molecule has 0 saturated carbocycles. The first-order valence-corrected chi connectivity index (χ1v) is 7.49. The first-order valence-electron chi connectivity index (χ1n) is 6.71. The zero-order valence-electron chi connectivity index (χ0n) is 11.9. The Hall–Kier alpha value is -1.59. The molecule has 0 spiro atoms. The van der Waals surface area contributed by atoms with Crippen LogP contribution in [0.25, 0.3) is 0 Å². The van der Waals surface area contributed by atoms with Crippen molar-refractivity contribution in [3.8, 4) is 0 Å². The summed E-state index contributed by atoms with van der Waals surface area (Å²) in [4.78, 5) is 12.2. The lowest BCUT2D eigenvalue weighted by Crippen LogP contribution is -2.45. The van der Waals surface area contributed by atoms with Crippen molar-refractivity contribution in [1.82, 2.24) is 10.6 Å². The van der Waals surface area contributed by atoms with E-state index in [0.29, 0.717) is 15.7 Å². The van der Waals surface area contributed by atoms with E-state index >= 15 is 0 Å². The summed E-state index contributed by atoms with van der Waals surface area (Å²) in [5.74, 6) is -0.360. The van der Waals surface area contributed by atoms with Crippen LogP contribution >= 0.6 is 23.8 Å². The number of esters is 1. The van der Waals surface area contributed by atoms with Crippen molar-refractivity contribution in [3.63, 3.8) is 0 Å². The van der Waals surface area contributed by atoms with E-state index in [4.69, 9.17) is 28.6 Å². The predicted molar refractivity (Wildman–Crippen MR) is 87.0 cm³/mol. The molecule has 0 aliphatic carbocycles. The Balaban J connectivity index is 2.49. The summed E-state index contributed by atoms with van der Waals surface area (Å²) < 4.78 is 4.93. The van der Waals surface area contributed by atoms with E-state index in [1.165, 1.54) is 7.11 Å². The van der Waals surface area contributed by atoms with Crippen LogP contribution in [0.5, 0.6) is 0 Å². The number of hydrogen-bond donors (Lipinski definition) is 2. The minimum absolute atomic E-state index is 0.329. The maximum absolute atomic E-state index is 12.2. The van der Waals surface area contributed by atoms with Crippen molar-refractivity contribution in [2.75, 3.05) is 7.11 Å². The Morgan fingerprint density at radius 3 is 2.62 bits per heavy atom. The molecule has 0 amide bonds. The topological polar surface area (TPSA) is 50.4 Å². The third kappa shape index (κ3) is 3.54. The molecule has 112 valence electrons. The van der Waals surface area contributed by atoms with Gasteiger partial charge in [-0.3, -0.25) is 0 Å². The number of ether oxygens (including phenoxy) is 1. The van der Waals surface area contributed by atoms with Gasteiger partial charge < -0.3 is 15.4 Å². The van der Waals surface area contributed by atoms with Crippen molar-refractivity contribution < 1.29 is 9.53 Å². The minimum Gasteiger partial charge on any atom is -0.466 e. The van der Waals surface area contributed by atoms with E-state index in [2.05, 4.69) is 10.6 Å². The first-order chi connectivity index (χ1) is 10.1. The van der Waals surface area contributed by atoms with Crippen LogP contribution < -0.4 is 10.6 Å². The molecule has 1 atom stereocenters. The number of allylic oxidation sites excluding steroid dienone is 1. The molecular formula is C15H17ClN2O2S. The molecule has 21 heavy (non-hydrogen) atoms. The van der Waals surface area contributed by atoms with Gasteiger partial charge in [-0.15, -0.1) is 0 Å². The van der Waals surface area contributed by atoms with Crippen LogP contribution in [0.3, 0.4) is 0 Å². The summed E-state index contributed by atoms with van der Waals surface area (Å²) in [6.07, 6.45) is 1.63. The van der Waals surface area contributed by atoms with E-state index < -0.39 is 0 Å². The van der Waals surface area contributed by atoms with Crippen LogP contribution in [0.1, 0.15) is 31.4 Å². The molecular weight excluding hydrogens is 308 g/mol. The number of rotatable bonds is 4. The largest absolute Gasteiger partial charge is 0.466 e. The van der Waals surface area contributed by atoms with Crippen LogP contribution in [-0.4, -0.2) is 18.2 Å². The quantitative estimate of drug-likeness (QED) is 0.658. The van der Waals surface area contributed by atoms with Crippen molar-refractivity contribution in [1.29, 1.82) is 0 Å². The molecule has 6 heteroatoms. The van der Waals surface area contributed by atoms with Gasteiger partial charge in [-0.05, 0) is 36.3 Å². The number of thiocarbonyl (C=S) groups is 1. The molecule has 0 unspecified atom stereocenters. The monoisotopic (exact) mass is 324 g/mol. The highest BCUT2D eigenvalue weighted by atomic mass is 35.5. The highest BCUT2D eigenvalue weighted by Gasteiger charge is 2.31. The third-order valence-electron chi connectivity index (χ3n) is 3.26. The van der Waals surface area contributed by atoms with Gasteiger partial charge in [-0.25, -0.2) is 4.79 Å². The fourth-order valence-electron chi connectivity index (χ4n) is 2.32. The number of methoxy groups -OCH3 is 1. The van der Waals surface area contributed by atoms with Gasteiger partial charge >= 0.3 is 5.97 Å². The van der Waals surface area contributed by atoms with Gasteiger partial charge in [-0.1, -0.05) is 37.1 Å². The van der Waals surface area contributed by atoms with E-state index in [-0.39, 0.29) is 12.0 Å².